The van der Waals surface area contributed by atoms with E-state index >= 15 is 0 Å². The number of nitrogens with one attached hydrogen (secondary N) is 1. The fourth-order valence-electron chi connectivity index (χ4n) is 4.74. The van der Waals surface area contributed by atoms with Gasteiger partial charge in [-0.05, 0) is 62.7 Å². The molecule has 1 amide bonds. The molecule has 0 bridgehead atoms. The van der Waals surface area contributed by atoms with E-state index in [0.717, 1.165) is 64.0 Å². The molecule has 0 aromatic carbocycles. The zero-order chi connectivity index (χ0) is 18.3. The van der Waals surface area contributed by atoms with Gasteiger partial charge in [-0.1, -0.05) is 11.2 Å². The van der Waals surface area contributed by atoms with Gasteiger partial charge in [-0.2, -0.15) is 4.98 Å². The number of amides is 1. The minimum absolute atomic E-state index is 0.228. The van der Waals surface area contributed by atoms with Crippen molar-refractivity contribution in [3.63, 3.8) is 0 Å². The molecule has 2 aromatic heterocycles. The first kappa shape index (κ1) is 16.9. The molecule has 1 aliphatic carbocycles. The molecule has 2 aromatic rings. The van der Waals surface area contributed by atoms with Crippen LogP contribution in [0.3, 0.4) is 0 Å². The smallest absolute Gasteiger partial charge is 0.230 e. The van der Waals surface area contributed by atoms with Gasteiger partial charge in [0.05, 0.1) is 0 Å². The van der Waals surface area contributed by atoms with E-state index in [4.69, 9.17) is 4.52 Å². The van der Waals surface area contributed by atoms with Gasteiger partial charge in [0.1, 0.15) is 5.69 Å². The van der Waals surface area contributed by atoms with E-state index in [1.807, 2.05) is 18.2 Å². The molecule has 7 nitrogen and oxygen atoms in total. The highest BCUT2D eigenvalue weighted by molar-refractivity contribution is 5.82. The first-order valence-corrected chi connectivity index (χ1v) is 10.00. The predicted molar refractivity (Wildman–Crippen MR) is 98.7 cm³/mol. The lowest BCUT2D eigenvalue weighted by Crippen LogP contribution is -2.40. The van der Waals surface area contributed by atoms with Crippen molar-refractivity contribution in [1.82, 2.24) is 25.3 Å². The first-order chi connectivity index (χ1) is 13.3. The van der Waals surface area contributed by atoms with E-state index in [0.29, 0.717) is 23.0 Å². The molecule has 5 rings (SSSR count). The van der Waals surface area contributed by atoms with Gasteiger partial charge in [-0.15, -0.1) is 0 Å². The Morgan fingerprint density at radius 2 is 2.04 bits per heavy atom. The summed E-state index contributed by atoms with van der Waals surface area (Å²) in [4.78, 5) is 23.8. The van der Waals surface area contributed by atoms with Crippen LogP contribution in [0.1, 0.15) is 43.9 Å². The lowest BCUT2D eigenvalue weighted by Gasteiger charge is -2.32. The standard InChI is InChI=1S/C20H25N5O2/c26-19(15-13-20(15)6-9-21-10-7-20)25-11-4-14(5-12-25)18-23-17(24-27-18)16-3-1-2-8-22-16/h1-3,8,14-15,21H,4-7,9-13H2. The Bertz CT molecular complexity index is 807. The van der Waals surface area contributed by atoms with Crippen LogP contribution in [0.5, 0.6) is 0 Å². The Morgan fingerprint density at radius 3 is 2.78 bits per heavy atom. The maximum atomic E-state index is 12.9. The number of hydrogen-bond acceptors (Lipinski definition) is 6. The Hall–Kier alpha value is -2.28. The van der Waals surface area contributed by atoms with E-state index in [2.05, 4.69) is 25.3 Å². The molecule has 1 atom stereocenters. The fraction of sp³-hybridized carbons (Fsp3) is 0.600. The van der Waals surface area contributed by atoms with E-state index in [9.17, 15) is 4.79 Å². The topological polar surface area (TPSA) is 84.2 Å². The highest BCUT2D eigenvalue weighted by Gasteiger charge is 2.58. The second-order valence-electron chi connectivity index (χ2n) is 8.14. The molecular weight excluding hydrogens is 342 g/mol. The summed E-state index contributed by atoms with van der Waals surface area (Å²) in [6, 6.07) is 5.66. The molecule has 4 heterocycles. The van der Waals surface area contributed by atoms with Crippen LogP contribution in [0.4, 0.5) is 0 Å². The second kappa shape index (κ2) is 6.71. The van der Waals surface area contributed by atoms with Crippen molar-refractivity contribution in [3.8, 4) is 11.5 Å². The molecule has 1 N–H and O–H groups in total. The van der Waals surface area contributed by atoms with Gasteiger partial charge >= 0.3 is 0 Å². The van der Waals surface area contributed by atoms with Crippen molar-refractivity contribution in [2.75, 3.05) is 26.2 Å². The van der Waals surface area contributed by atoms with Crippen LogP contribution in [0.15, 0.2) is 28.9 Å². The van der Waals surface area contributed by atoms with Crippen molar-refractivity contribution in [3.05, 3.63) is 30.3 Å². The highest BCUT2D eigenvalue weighted by atomic mass is 16.5. The normalized spacial score (nSPS) is 24.9. The van der Waals surface area contributed by atoms with Crippen LogP contribution in [-0.4, -0.2) is 52.1 Å². The predicted octanol–water partition coefficient (Wildman–Crippen LogP) is 2.23. The molecule has 0 radical (unpaired) electrons. The van der Waals surface area contributed by atoms with Crippen molar-refractivity contribution in [2.24, 2.45) is 11.3 Å². The maximum Gasteiger partial charge on any atom is 0.230 e. The Balaban J connectivity index is 1.19. The van der Waals surface area contributed by atoms with Crippen LogP contribution in [0.2, 0.25) is 0 Å². The quantitative estimate of drug-likeness (QED) is 0.896. The summed E-state index contributed by atoms with van der Waals surface area (Å²) in [5.41, 5.74) is 1.03. The number of rotatable bonds is 3. The van der Waals surface area contributed by atoms with Crippen molar-refractivity contribution < 1.29 is 9.32 Å². The van der Waals surface area contributed by atoms with E-state index < -0.39 is 0 Å². The fourth-order valence-corrected chi connectivity index (χ4v) is 4.74. The van der Waals surface area contributed by atoms with E-state index in [-0.39, 0.29) is 11.8 Å². The number of piperidine rings is 2. The van der Waals surface area contributed by atoms with Crippen LogP contribution >= 0.6 is 0 Å². The summed E-state index contributed by atoms with van der Waals surface area (Å²) in [6.07, 6.45) is 6.89. The van der Waals surface area contributed by atoms with Gasteiger partial charge in [-0.25, -0.2) is 0 Å². The zero-order valence-corrected chi connectivity index (χ0v) is 15.4. The summed E-state index contributed by atoms with van der Waals surface area (Å²) < 4.78 is 5.49. The van der Waals surface area contributed by atoms with Crippen LogP contribution < -0.4 is 5.32 Å². The third-order valence-corrected chi connectivity index (χ3v) is 6.58. The van der Waals surface area contributed by atoms with Crippen molar-refractivity contribution >= 4 is 5.91 Å². The number of carbonyl (C=O) groups excluding carboxylic acids is 1. The molecule has 2 aliphatic heterocycles. The number of likely N-dealkylation sites (tertiary alicyclic amines) is 1. The average molecular weight is 367 g/mol. The van der Waals surface area contributed by atoms with Gasteiger partial charge in [0.25, 0.3) is 0 Å². The van der Waals surface area contributed by atoms with Gasteiger partial charge in [0.15, 0.2) is 0 Å². The van der Waals surface area contributed by atoms with E-state index in [1.54, 1.807) is 6.20 Å². The minimum Gasteiger partial charge on any atom is -0.342 e. The summed E-state index contributed by atoms with van der Waals surface area (Å²) >= 11 is 0. The van der Waals surface area contributed by atoms with Crippen molar-refractivity contribution in [1.29, 1.82) is 0 Å². The SMILES string of the molecule is O=C(C1CC12CCNCC2)N1CCC(c2nc(-c3ccccn3)no2)CC1. The number of pyridine rings is 1. The van der Waals surface area contributed by atoms with Gasteiger partial charge in [-0.3, -0.25) is 9.78 Å². The lowest BCUT2D eigenvalue weighted by molar-refractivity contribution is -0.134. The Morgan fingerprint density at radius 1 is 1.22 bits per heavy atom. The average Bonchev–Trinajstić information content (AvgIpc) is 3.19. The summed E-state index contributed by atoms with van der Waals surface area (Å²) in [5.74, 6) is 2.07. The molecule has 1 spiro atoms. The number of hydrogen-bond donors (Lipinski definition) is 1. The number of aromatic nitrogens is 3. The molecule has 3 fully saturated rings. The summed E-state index contributed by atoms with van der Waals surface area (Å²) in [6.45, 7) is 3.69. The van der Waals surface area contributed by atoms with Crippen molar-refractivity contribution in [2.45, 2.75) is 38.0 Å². The Labute approximate surface area is 158 Å². The maximum absolute atomic E-state index is 12.9. The number of nitrogens with zero attached hydrogens (tertiary/aromatic N) is 4. The number of carbonyl (C=O) groups is 1. The molecule has 2 saturated heterocycles. The van der Waals surface area contributed by atoms with Gasteiger partial charge in [0.2, 0.25) is 17.6 Å². The minimum atomic E-state index is 0.228. The Kier molecular flexibility index (Phi) is 4.19. The van der Waals surface area contributed by atoms with Crippen LogP contribution in [0, 0.1) is 11.3 Å². The third kappa shape index (κ3) is 3.14. The zero-order valence-electron chi connectivity index (χ0n) is 15.4. The van der Waals surface area contributed by atoms with E-state index in [1.165, 1.54) is 0 Å². The van der Waals surface area contributed by atoms with Gasteiger partial charge in [0, 0.05) is 31.1 Å². The molecular formula is C20H25N5O2. The third-order valence-electron chi connectivity index (χ3n) is 6.58. The molecule has 142 valence electrons. The van der Waals surface area contributed by atoms with Crippen LogP contribution in [-0.2, 0) is 4.79 Å². The first-order valence-electron chi connectivity index (χ1n) is 10.00. The molecule has 1 saturated carbocycles. The highest BCUT2D eigenvalue weighted by Crippen LogP contribution is 2.59. The lowest BCUT2D eigenvalue weighted by atomic mass is 9.91. The summed E-state index contributed by atoms with van der Waals surface area (Å²) in [5, 5.41) is 7.48. The second-order valence-corrected chi connectivity index (χ2v) is 8.14. The molecule has 3 aliphatic rings. The van der Waals surface area contributed by atoms with Gasteiger partial charge < -0.3 is 14.7 Å². The molecule has 1 unspecified atom stereocenters. The molecule has 7 heteroatoms. The summed E-state index contributed by atoms with van der Waals surface area (Å²) in [7, 11) is 0. The van der Waals surface area contributed by atoms with Crippen LogP contribution in [0.25, 0.3) is 11.5 Å². The monoisotopic (exact) mass is 367 g/mol. The largest absolute Gasteiger partial charge is 0.342 e. The molecule has 27 heavy (non-hydrogen) atoms.